The van der Waals surface area contributed by atoms with Gasteiger partial charge in [0.25, 0.3) is 0 Å². The second-order valence-corrected chi connectivity index (χ2v) is 5.53. The summed E-state index contributed by atoms with van der Waals surface area (Å²) >= 11 is 3.59. The van der Waals surface area contributed by atoms with Gasteiger partial charge in [0.15, 0.2) is 0 Å². The lowest BCUT2D eigenvalue weighted by Crippen LogP contribution is -2.34. The third-order valence-corrected chi connectivity index (χ3v) is 4.25. The van der Waals surface area contributed by atoms with Gasteiger partial charge >= 0.3 is 0 Å². The molecule has 0 radical (unpaired) electrons. The van der Waals surface area contributed by atoms with Gasteiger partial charge in [0, 0.05) is 16.6 Å². The molecule has 17 heavy (non-hydrogen) atoms. The molecule has 1 aromatic carbocycles. The maximum absolute atomic E-state index is 8.88. The first-order chi connectivity index (χ1) is 8.17. The Morgan fingerprint density at radius 2 is 2.24 bits per heavy atom. The molecule has 1 heterocycles. The number of nitrogens with zero attached hydrogens (tertiary/aromatic N) is 2. The van der Waals surface area contributed by atoms with E-state index in [1.807, 2.05) is 12.1 Å². The van der Waals surface area contributed by atoms with Crippen LogP contribution in [0.3, 0.4) is 0 Å². The number of benzene rings is 1. The minimum atomic E-state index is 0.587. The van der Waals surface area contributed by atoms with Crippen LogP contribution in [-0.4, -0.2) is 12.1 Å². The van der Waals surface area contributed by atoms with Gasteiger partial charge in [-0.15, -0.1) is 0 Å². The minimum Gasteiger partial charge on any atom is -0.365 e. The lowest BCUT2D eigenvalue weighted by molar-refractivity contribution is 0.627. The van der Waals surface area contributed by atoms with Crippen LogP contribution < -0.4 is 4.90 Å². The molecular weight excluding hydrogens is 276 g/mol. The van der Waals surface area contributed by atoms with Crippen molar-refractivity contribution in [1.82, 2.24) is 0 Å². The SMILES string of the molecule is CCC1CCC(C)N1c1ccc(C#N)cc1Br. The average Bonchev–Trinajstić information content (AvgIpc) is 2.70. The highest BCUT2D eigenvalue weighted by atomic mass is 79.9. The van der Waals surface area contributed by atoms with E-state index in [-0.39, 0.29) is 0 Å². The van der Waals surface area contributed by atoms with Gasteiger partial charge in [-0.1, -0.05) is 6.92 Å². The molecule has 2 atom stereocenters. The van der Waals surface area contributed by atoms with Gasteiger partial charge in [-0.25, -0.2) is 0 Å². The van der Waals surface area contributed by atoms with Crippen molar-refractivity contribution in [3.63, 3.8) is 0 Å². The van der Waals surface area contributed by atoms with Gasteiger partial charge in [0.1, 0.15) is 0 Å². The van der Waals surface area contributed by atoms with Crippen LogP contribution in [0.2, 0.25) is 0 Å². The molecule has 0 aliphatic carbocycles. The first-order valence-electron chi connectivity index (χ1n) is 6.15. The summed E-state index contributed by atoms with van der Waals surface area (Å²) in [6.07, 6.45) is 3.70. The minimum absolute atomic E-state index is 0.587. The summed E-state index contributed by atoms with van der Waals surface area (Å²) in [5.41, 5.74) is 1.93. The quantitative estimate of drug-likeness (QED) is 0.821. The van der Waals surface area contributed by atoms with E-state index < -0.39 is 0 Å². The fraction of sp³-hybridized carbons (Fsp3) is 0.500. The van der Waals surface area contributed by atoms with Crippen molar-refractivity contribution in [2.24, 2.45) is 0 Å². The Morgan fingerprint density at radius 3 is 2.82 bits per heavy atom. The van der Waals surface area contributed by atoms with Crippen LogP contribution in [0.15, 0.2) is 22.7 Å². The van der Waals surface area contributed by atoms with Gasteiger partial charge in [-0.2, -0.15) is 5.26 Å². The van der Waals surface area contributed by atoms with Crippen LogP contribution in [0.25, 0.3) is 0 Å². The van der Waals surface area contributed by atoms with E-state index in [2.05, 4.69) is 46.8 Å². The van der Waals surface area contributed by atoms with Crippen LogP contribution in [0, 0.1) is 11.3 Å². The fourth-order valence-electron chi connectivity index (χ4n) is 2.69. The molecular formula is C14H17BrN2. The summed E-state index contributed by atoms with van der Waals surface area (Å²) < 4.78 is 1.03. The highest BCUT2D eigenvalue weighted by molar-refractivity contribution is 9.10. The largest absolute Gasteiger partial charge is 0.365 e. The van der Waals surface area contributed by atoms with Crippen molar-refractivity contribution in [3.8, 4) is 6.07 Å². The van der Waals surface area contributed by atoms with E-state index in [0.717, 1.165) is 4.47 Å². The Labute approximate surface area is 111 Å². The molecule has 0 N–H and O–H groups in total. The molecule has 90 valence electrons. The monoisotopic (exact) mass is 292 g/mol. The standard InChI is InChI=1S/C14H17BrN2/c1-3-12-6-4-10(2)17(12)14-7-5-11(9-16)8-13(14)15/h5,7-8,10,12H,3-4,6H2,1-2H3. The zero-order valence-corrected chi connectivity index (χ0v) is 11.9. The summed E-state index contributed by atoms with van der Waals surface area (Å²) in [7, 11) is 0. The van der Waals surface area contributed by atoms with Gasteiger partial charge in [-0.3, -0.25) is 0 Å². The first-order valence-corrected chi connectivity index (χ1v) is 6.94. The van der Waals surface area contributed by atoms with Gasteiger partial charge in [0.05, 0.1) is 17.3 Å². The smallest absolute Gasteiger partial charge is 0.0992 e. The second kappa shape index (κ2) is 5.10. The molecule has 0 saturated carbocycles. The predicted octanol–water partition coefficient (Wildman–Crippen LogP) is 4.09. The van der Waals surface area contributed by atoms with Crippen molar-refractivity contribution in [1.29, 1.82) is 5.26 Å². The third-order valence-electron chi connectivity index (χ3n) is 3.61. The van der Waals surface area contributed by atoms with Crippen molar-refractivity contribution in [2.75, 3.05) is 4.90 Å². The van der Waals surface area contributed by atoms with Crippen molar-refractivity contribution < 1.29 is 0 Å². The van der Waals surface area contributed by atoms with Gasteiger partial charge in [-0.05, 0) is 60.3 Å². The molecule has 1 saturated heterocycles. The second-order valence-electron chi connectivity index (χ2n) is 4.67. The van der Waals surface area contributed by atoms with Gasteiger partial charge in [0.2, 0.25) is 0 Å². The number of anilines is 1. The third kappa shape index (κ3) is 2.32. The molecule has 0 amide bonds. The maximum atomic E-state index is 8.88. The molecule has 3 heteroatoms. The number of hydrogen-bond acceptors (Lipinski definition) is 2. The van der Waals surface area contributed by atoms with E-state index in [4.69, 9.17) is 5.26 Å². The van der Waals surface area contributed by atoms with Crippen LogP contribution in [-0.2, 0) is 0 Å². The van der Waals surface area contributed by atoms with Crippen LogP contribution in [0.4, 0.5) is 5.69 Å². The Kier molecular flexibility index (Phi) is 3.73. The van der Waals surface area contributed by atoms with E-state index in [9.17, 15) is 0 Å². The number of hydrogen-bond donors (Lipinski definition) is 0. The molecule has 0 spiro atoms. The summed E-state index contributed by atoms with van der Waals surface area (Å²) in [5, 5.41) is 8.88. The summed E-state index contributed by atoms with van der Waals surface area (Å²) in [5.74, 6) is 0. The molecule has 0 aromatic heterocycles. The topological polar surface area (TPSA) is 27.0 Å². The zero-order chi connectivity index (χ0) is 12.4. The molecule has 1 fully saturated rings. The number of nitriles is 1. The van der Waals surface area contributed by atoms with Crippen molar-refractivity contribution in [3.05, 3.63) is 28.2 Å². The predicted molar refractivity (Wildman–Crippen MR) is 74.1 cm³/mol. The highest BCUT2D eigenvalue weighted by Crippen LogP contribution is 2.36. The number of rotatable bonds is 2. The lowest BCUT2D eigenvalue weighted by Gasteiger charge is -2.31. The summed E-state index contributed by atoms with van der Waals surface area (Å²) in [6, 6.07) is 9.27. The molecule has 2 unspecified atom stereocenters. The van der Waals surface area contributed by atoms with Crippen molar-refractivity contribution in [2.45, 2.75) is 45.2 Å². The van der Waals surface area contributed by atoms with Crippen LogP contribution in [0.5, 0.6) is 0 Å². The van der Waals surface area contributed by atoms with Gasteiger partial charge < -0.3 is 4.90 Å². The molecule has 2 rings (SSSR count). The Bertz CT molecular complexity index is 450. The molecule has 1 aliphatic heterocycles. The maximum Gasteiger partial charge on any atom is 0.0992 e. The normalized spacial score (nSPS) is 23.8. The average molecular weight is 293 g/mol. The van der Waals surface area contributed by atoms with Crippen LogP contribution >= 0.6 is 15.9 Å². The van der Waals surface area contributed by atoms with E-state index in [1.165, 1.54) is 24.9 Å². The lowest BCUT2D eigenvalue weighted by atomic mass is 10.1. The Hall–Kier alpha value is -1.01. The number of halogens is 1. The van der Waals surface area contributed by atoms with Crippen LogP contribution in [0.1, 0.15) is 38.7 Å². The zero-order valence-electron chi connectivity index (χ0n) is 10.3. The molecule has 2 nitrogen and oxygen atoms in total. The Balaban J connectivity index is 2.36. The highest BCUT2D eigenvalue weighted by Gasteiger charge is 2.30. The molecule has 0 bridgehead atoms. The Morgan fingerprint density at radius 1 is 1.47 bits per heavy atom. The van der Waals surface area contributed by atoms with E-state index in [0.29, 0.717) is 17.6 Å². The fourth-order valence-corrected chi connectivity index (χ4v) is 3.28. The van der Waals surface area contributed by atoms with Crippen molar-refractivity contribution >= 4 is 21.6 Å². The first kappa shape index (κ1) is 12.4. The summed E-state index contributed by atoms with van der Waals surface area (Å²) in [4.78, 5) is 2.49. The molecule has 1 aromatic rings. The summed E-state index contributed by atoms with van der Waals surface area (Å²) in [6.45, 7) is 4.52. The molecule has 1 aliphatic rings. The van der Waals surface area contributed by atoms with E-state index >= 15 is 0 Å². The van der Waals surface area contributed by atoms with E-state index in [1.54, 1.807) is 0 Å².